The highest BCUT2D eigenvalue weighted by Crippen LogP contribution is 2.24. The number of nitrogens with zero attached hydrogens (tertiary/aromatic N) is 1. The molecule has 8 heteroatoms. The molecule has 3 N–H and O–H groups in total. The maximum Gasteiger partial charge on any atom is 0.333 e. The monoisotopic (exact) mass is 456 g/mol. The number of aromatic nitrogens is 2. The van der Waals surface area contributed by atoms with Crippen LogP contribution in [0.15, 0.2) is 76.3 Å². The summed E-state index contributed by atoms with van der Waals surface area (Å²) < 4.78 is 1.06. The van der Waals surface area contributed by atoms with Crippen molar-refractivity contribution in [2.24, 2.45) is 0 Å². The number of para-hydroxylation sites is 1. The fourth-order valence-electron chi connectivity index (χ4n) is 3.71. The van der Waals surface area contributed by atoms with Crippen LogP contribution in [0.4, 0.5) is 11.4 Å². The number of hydrogen-bond donors (Lipinski definition) is 3. The highest BCUT2D eigenvalue weighted by molar-refractivity contribution is 6.07. The van der Waals surface area contributed by atoms with E-state index in [1.54, 1.807) is 55.5 Å². The van der Waals surface area contributed by atoms with Crippen molar-refractivity contribution in [1.29, 1.82) is 0 Å². The second-order valence-electron chi connectivity index (χ2n) is 7.90. The summed E-state index contributed by atoms with van der Waals surface area (Å²) in [5.41, 5.74) is 1.84. The highest BCUT2D eigenvalue weighted by atomic mass is 16.2. The van der Waals surface area contributed by atoms with Gasteiger partial charge in [-0.25, -0.2) is 9.36 Å². The molecular formula is C26H24N4O4. The molecule has 2 amide bonds. The van der Waals surface area contributed by atoms with Crippen molar-refractivity contribution >= 4 is 34.1 Å². The molecule has 0 fully saturated rings. The molecule has 1 heterocycles. The molecule has 0 aliphatic carbocycles. The molecule has 8 nitrogen and oxygen atoms in total. The molecule has 0 aliphatic heterocycles. The van der Waals surface area contributed by atoms with Crippen LogP contribution in [0, 0.1) is 6.92 Å². The average molecular weight is 457 g/mol. The van der Waals surface area contributed by atoms with Gasteiger partial charge in [-0.15, -0.1) is 0 Å². The number of rotatable bonds is 6. The van der Waals surface area contributed by atoms with Gasteiger partial charge < -0.3 is 15.6 Å². The first-order valence-corrected chi connectivity index (χ1v) is 10.9. The lowest BCUT2D eigenvalue weighted by Gasteiger charge is -2.14. The normalized spacial score (nSPS) is 10.8. The van der Waals surface area contributed by atoms with Crippen LogP contribution in [-0.2, 0) is 4.79 Å². The first-order valence-electron chi connectivity index (χ1n) is 10.9. The third kappa shape index (κ3) is 4.52. The largest absolute Gasteiger partial charge is 0.333 e. The number of benzene rings is 3. The Morgan fingerprint density at radius 1 is 0.912 bits per heavy atom. The molecule has 0 saturated heterocycles. The van der Waals surface area contributed by atoms with E-state index in [9.17, 15) is 19.2 Å². The Labute approximate surface area is 195 Å². The van der Waals surface area contributed by atoms with E-state index >= 15 is 0 Å². The molecular weight excluding hydrogens is 432 g/mol. The van der Waals surface area contributed by atoms with Gasteiger partial charge in [0.15, 0.2) is 0 Å². The third-order valence-electron chi connectivity index (χ3n) is 5.51. The second kappa shape index (κ2) is 9.58. The van der Waals surface area contributed by atoms with Gasteiger partial charge in [-0.2, -0.15) is 0 Å². The van der Waals surface area contributed by atoms with Crippen molar-refractivity contribution in [3.05, 3.63) is 98.7 Å². The molecule has 4 rings (SSSR count). The minimum Gasteiger partial charge on any atom is -0.326 e. The van der Waals surface area contributed by atoms with Crippen molar-refractivity contribution in [2.75, 3.05) is 10.6 Å². The summed E-state index contributed by atoms with van der Waals surface area (Å²) in [6.07, 6.45) is 1.15. The van der Waals surface area contributed by atoms with Gasteiger partial charge in [0.1, 0.15) is 0 Å². The molecule has 0 radical (unpaired) electrons. The van der Waals surface area contributed by atoms with Crippen LogP contribution in [0.2, 0.25) is 0 Å². The molecule has 0 saturated carbocycles. The summed E-state index contributed by atoms with van der Waals surface area (Å²) in [5.74, 6) is -0.496. The Hall–Kier alpha value is -4.46. The number of hydrogen-bond acceptors (Lipinski definition) is 4. The zero-order chi connectivity index (χ0) is 24.2. The van der Waals surface area contributed by atoms with Crippen LogP contribution in [0.25, 0.3) is 16.6 Å². The topological polar surface area (TPSA) is 113 Å². The number of H-pyrrole nitrogens is 1. The van der Waals surface area contributed by atoms with Crippen molar-refractivity contribution in [2.45, 2.75) is 26.7 Å². The summed E-state index contributed by atoms with van der Waals surface area (Å²) in [5, 5.41) is 5.98. The van der Waals surface area contributed by atoms with Crippen LogP contribution in [0.3, 0.4) is 0 Å². The predicted molar refractivity (Wildman–Crippen MR) is 133 cm³/mol. The Balaban J connectivity index is 1.64. The van der Waals surface area contributed by atoms with E-state index in [1.807, 2.05) is 6.92 Å². The fraction of sp³-hybridized carbons (Fsp3) is 0.154. The minimum atomic E-state index is -0.590. The number of carbonyl (C=O) groups is 2. The van der Waals surface area contributed by atoms with E-state index in [-0.39, 0.29) is 22.4 Å². The van der Waals surface area contributed by atoms with Crippen LogP contribution in [-0.4, -0.2) is 21.4 Å². The first-order chi connectivity index (χ1) is 16.4. The summed E-state index contributed by atoms with van der Waals surface area (Å²) in [4.78, 5) is 53.1. The molecule has 4 aromatic rings. The van der Waals surface area contributed by atoms with E-state index < -0.39 is 17.2 Å². The Morgan fingerprint density at radius 2 is 1.62 bits per heavy atom. The third-order valence-corrected chi connectivity index (χ3v) is 5.51. The van der Waals surface area contributed by atoms with Crippen LogP contribution < -0.4 is 21.9 Å². The summed E-state index contributed by atoms with van der Waals surface area (Å²) >= 11 is 0. The van der Waals surface area contributed by atoms with E-state index in [0.29, 0.717) is 23.5 Å². The molecule has 0 unspecified atom stereocenters. The van der Waals surface area contributed by atoms with Gasteiger partial charge in [0, 0.05) is 23.4 Å². The maximum atomic E-state index is 12.9. The molecule has 0 bridgehead atoms. The zero-order valence-corrected chi connectivity index (χ0v) is 18.8. The van der Waals surface area contributed by atoms with E-state index in [4.69, 9.17) is 0 Å². The Kier molecular flexibility index (Phi) is 6.40. The Bertz CT molecular complexity index is 1500. The quantitative estimate of drug-likeness (QED) is 0.407. The maximum absolute atomic E-state index is 12.9. The molecule has 1 aromatic heterocycles. The van der Waals surface area contributed by atoms with Gasteiger partial charge >= 0.3 is 5.69 Å². The van der Waals surface area contributed by atoms with Crippen LogP contribution in [0.5, 0.6) is 0 Å². The number of fused-ring (bicyclic) bond motifs is 1. The highest BCUT2D eigenvalue weighted by Gasteiger charge is 2.14. The van der Waals surface area contributed by atoms with E-state index in [1.165, 1.54) is 18.2 Å². The predicted octanol–water partition coefficient (Wildman–Crippen LogP) is 3.98. The second-order valence-corrected chi connectivity index (χ2v) is 7.90. The van der Waals surface area contributed by atoms with Gasteiger partial charge in [0.05, 0.1) is 16.6 Å². The molecule has 0 aliphatic rings. The van der Waals surface area contributed by atoms with Gasteiger partial charge in [-0.1, -0.05) is 31.2 Å². The lowest BCUT2D eigenvalue weighted by atomic mass is 10.1. The molecule has 3 aromatic carbocycles. The van der Waals surface area contributed by atoms with E-state index in [2.05, 4.69) is 15.6 Å². The number of aromatic amines is 1. The van der Waals surface area contributed by atoms with Gasteiger partial charge in [0.2, 0.25) is 5.91 Å². The smallest absolute Gasteiger partial charge is 0.326 e. The lowest BCUT2D eigenvalue weighted by Crippen LogP contribution is -2.33. The molecule has 172 valence electrons. The molecule has 0 spiro atoms. The number of amides is 2. The average Bonchev–Trinajstić information content (AvgIpc) is 2.82. The summed E-state index contributed by atoms with van der Waals surface area (Å²) in [6.45, 7) is 3.73. The molecule has 0 atom stereocenters. The van der Waals surface area contributed by atoms with Gasteiger partial charge in [0.25, 0.3) is 11.5 Å². The summed E-state index contributed by atoms with van der Waals surface area (Å²) in [7, 11) is 0. The standard InChI is InChI=1S/C26H24N4O4/c1-3-8-23(31)27-20-11-7-12-21(16(20)2)28-24(32)17-13-14-19-22(15-17)29-26(34)30(25(19)33)18-9-5-4-6-10-18/h4-7,9-15H,3,8H2,1-2H3,(H,27,31)(H,28,32)(H,29,34). The number of anilines is 2. The lowest BCUT2D eigenvalue weighted by molar-refractivity contribution is -0.116. The van der Waals surface area contributed by atoms with Crippen LogP contribution >= 0.6 is 0 Å². The van der Waals surface area contributed by atoms with Gasteiger partial charge in [-0.3, -0.25) is 14.4 Å². The fourth-order valence-corrected chi connectivity index (χ4v) is 3.71. The number of carbonyl (C=O) groups excluding carboxylic acids is 2. The number of nitrogens with one attached hydrogen (secondary N) is 3. The van der Waals surface area contributed by atoms with Crippen molar-refractivity contribution in [1.82, 2.24) is 9.55 Å². The molecule has 34 heavy (non-hydrogen) atoms. The van der Waals surface area contributed by atoms with Crippen molar-refractivity contribution < 1.29 is 9.59 Å². The van der Waals surface area contributed by atoms with E-state index in [0.717, 1.165) is 16.6 Å². The Morgan fingerprint density at radius 3 is 2.32 bits per heavy atom. The minimum absolute atomic E-state index is 0.0891. The van der Waals surface area contributed by atoms with Crippen LogP contribution in [0.1, 0.15) is 35.7 Å². The van der Waals surface area contributed by atoms with Crippen molar-refractivity contribution in [3.63, 3.8) is 0 Å². The zero-order valence-electron chi connectivity index (χ0n) is 18.8. The van der Waals surface area contributed by atoms with Crippen molar-refractivity contribution in [3.8, 4) is 5.69 Å². The summed E-state index contributed by atoms with van der Waals surface area (Å²) in [6, 6.07) is 18.4. The van der Waals surface area contributed by atoms with Gasteiger partial charge in [-0.05, 0) is 61.4 Å². The SMILES string of the molecule is CCCC(=O)Nc1cccc(NC(=O)c2ccc3c(=O)n(-c4ccccc4)c(=O)[nH]c3c2)c1C. The first kappa shape index (κ1) is 22.7.